The van der Waals surface area contributed by atoms with E-state index in [-0.39, 0.29) is 23.7 Å². The molecule has 0 radical (unpaired) electrons. The molecule has 0 bridgehead atoms. The number of nitrogens with zero attached hydrogens (tertiary/aromatic N) is 2. The molecule has 1 saturated heterocycles. The van der Waals surface area contributed by atoms with Gasteiger partial charge in [0.2, 0.25) is 0 Å². The van der Waals surface area contributed by atoms with Crippen LogP contribution in [0.2, 0.25) is 0 Å². The highest BCUT2D eigenvalue weighted by molar-refractivity contribution is 14.1. The Balaban J connectivity index is 1.79. The average molecular weight is 584 g/mol. The number of benzene rings is 2. The largest absolute Gasteiger partial charge is 0.493 e. The molecule has 172 valence electrons. The number of halogens is 1. The third-order valence-electron chi connectivity index (χ3n) is 4.47. The number of hydrogen-bond donors (Lipinski definition) is 0. The van der Waals surface area contributed by atoms with Crippen molar-refractivity contribution in [3.63, 3.8) is 0 Å². The fourth-order valence-corrected chi connectivity index (χ4v) is 4.47. The molecule has 1 aliphatic heterocycles. The normalized spacial score (nSPS) is 14.5. The van der Waals surface area contributed by atoms with Gasteiger partial charge in [-0.15, -0.1) is 0 Å². The minimum atomic E-state index is -0.543. The molecular weight excluding hydrogens is 567 g/mol. The highest BCUT2D eigenvalue weighted by Crippen LogP contribution is 2.37. The van der Waals surface area contributed by atoms with E-state index in [0.717, 1.165) is 16.7 Å². The summed E-state index contributed by atoms with van der Waals surface area (Å²) < 4.78 is 16.0. The summed E-state index contributed by atoms with van der Waals surface area (Å²) in [7, 11) is 2.70. The van der Waals surface area contributed by atoms with Gasteiger partial charge < -0.3 is 14.2 Å². The van der Waals surface area contributed by atoms with Crippen LogP contribution in [-0.4, -0.2) is 47.8 Å². The Hall–Kier alpha value is -3.13. The maximum Gasteiger partial charge on any atom is 0.343 e. The number of nitro groups is 1. The molecule has 0 aliphatic carbocycles. The third kappa shape index (κ3) is 5.82. The van der Waals surface area contributed by atoms with Gasteiger partial charge in [0.15, 0.2) is 18.1 Å². The molecule has 10 nitrogen and oxygen atoms in total. The highest BCUT2D eigenvalue weighted by Gasteiger charge is 2.35. The Morgan fingerprint density at radius 2 is 1.91 bits per heavy atom. The Labute approximate surface area is 206 Å². The molecule has 1 aliphatic rings. The molecule has 3 rings (SSSR count). The van der Waals surface area contributed by atoms with E-state index in [0.29, 0.717) is 26.2 Å². The van der Waals surface area contributed by atoms with Gasteiger partial charge >= 0.3 is 5.97 Å². The number of carbonyl (C=O) groups excluding carboxylic acids is 3. The molecule has 1 fully saturated rings. The first-order valence-corrected chi connectivity index (χ1v) is 11.2. The second-order valence-corrected chi connectivity index (χ2v) is 8.75. The molecule has 0 spiro atoms. The molecule has 2 aromatic rings. The lowest BCUT2D eigenvalue weighted by atomic mass is 10.1. The predicted molar refractivity (Wildman–Crippen MR) is 128 cm³/mol. The molecular formula is C21H17IN2O8S. The second-order valence-electron chi connectivity index (χ2n) is 6.59. The standard InChI is InChI=1S/C21H17IN2O8S/c1-30-16-8-13(7-15(22)19(16)32-11-18(25)31-2)9-17-20(26)23(21(27)33-17)10-12-3-5-14(6-4-12)24(28)29/h3-9H,10-11H2,1-2H3. The summed E-state index contributed by atoms with van der Waals surface area (Å²) in [6, 6.07) is 9.00. The minimum Gasteiger partial charge on any atom is -0.493 e. The van der Waals surface area contributed by atoms with Gasteiger partial charge in [0.1, 0.15) is 0 Å². The monoisotopic (exact) mass is 584 g/mol. The molecule has 33 heavy (non-hydrogen) atoms. The second kappa shape index (κ2) is 10.7. The van der Waals surface area contributed by atoms with Gasteiger partial charge in [-0.25, -0.2) is 4.79 Å². The van der Waals surface area contributed by atoms with Crippen molar-refractivity contribution in [2.75, 3.05) is 20.8 Å². The van der Waals surface area contributed by atoms with Gasteiger partial charge in [-0.05, 0) is 63.7 Å². The number of carbonyl (C=O) groups is 3. The van der Waals surface area contributed by atoms with Crippen LogP contribution >= 0.6 is 34.4 Å². The van der Waals surface area contributed by atoms with Gasteiger partial charge in [-0.3, -0.25) is 24.6 Å². The minimum absolute atomic E-state index is 0.00115. The number of imide groups is 1. The summed E-state index contributed by atoms with van der Waals surface area (Å²) in [5, 5.41) is 10.3. The van der Waals surface area contributed by atoms with Crippen LogP contribution in [0.25, 0.3) is 6.08 Å². The maximum absolute atomic E-state index is 12.8. The number of amides is 2. The third-order valence-corrected chi connectivity index (χ3v) is 6.18. The number of esters is 1. The maximum atomic E-state index is 12.8. The first-order valence-electron chi connectivity index (χ1n) is 9.29. The Kier molecular flexibility index (Phi) is 7.92. The van der Waals surface area contributed by atoms with Crippen LogP contribution in [0.5, 0.6) is 11.5 Å². The summed E-state index contributed by atoms with van der Waals surface area (Å²) in [6.45, 7) is -0.287. The van der Waals surface area contributed by atoms with E-state index in [1.807, 2.05) is 22.6 Å². The van der Waals surface area contributed by atoms with E-state index in [1.165, 1.54) is 38.5 Å². The van der Waals surface area contributed by atoms with Crippen molar-refractivity contribution >= 4 is 63.2 Å². The van der Waals surface area contributed by atoms with E-state index in [9.17, 15) is 24.5 Å². The highest BCUT2D eigenvalue weighted by atomic mass is 127. The van der Waals surface area contributed by atoms with Gasteiger partial charge in [-0.1, -0.05) is 12.1 Å². The predicted octanol–water partition coefficient (Wildman–Crippen LogP) is 4.00. The van der Waals surface area contributed by atoms with Crippen molar-refractivity contribution < 1.29 is 33.5 Å². The SMILES string of the molecule is COC(=O)COc1c(I)cc(C=C2SC(=O)N(Cc3ccc([N+](=O)[O-])cc3)C2=O)cc1OC. The topological polar surface area (TPSA) is 125 Å². The van der Waals surface area contributed by atoms with E-state index < -0.39 is 22.0 Å². The van der Waals surface area contributed by atoms with Crippen LogP contribution in [0.15, 0.2) is 41.3 Å². The molecule has 0 aromatic heterocycles. The number of ether oxygens (including phenoxy) is 3. The summed E-state index contributed by atoms with van der Waals surface area (Å²) in [4.78, 5) is 48.2. The van der Waals surface area contributed by atoms with Crippen molar-refractivity contribution in [1.82, 2.24) is 4.90 Å². The lowest BCUT2D eigenvalue weighted by Gasteiger charge is -2.13. The van der Waals surface area contributed by atoms with Crippen LogP contribution in [0.1, 0.15) is 11.1 Å². The van der Waals surface area contributed by atoms with Gasteiger partial charge in [0.05, 0.1) is 34.2 Å². The van der Waals surface area contributed by atoms with Crippen molar-refractivity contribution in [2.24, 2.45) is 0 Å². The van der Waals surface area contributed by atoms with Crippen LogP contribution in [0, 0.1) is 13.7 Å². The zero-order valence-corrected chi connectivity index (χ0v) is 20.4. The Morgan fingerprint density at radius 3 is 2.52 bits per heavy atom. The number of rotatable bonds is 8. The number of non-ortho nitro benzene ring substituents is 1. The van der Waals surface area contributed by atoms with Crippen molar-refractivity contribution in [3.05, 3.63) is 66.1 Å². The van der Waals surface area contributed by atoms with Crippen molar-refractivity contribution in [2.45, 2.75) is 6.54 Å². The van der Waals surface area contributed by atoms with Crippen molar-refractivity contribution in [3.8, 4) is 11.5 Å². The Bertz CT molecular complexity index is 1150. The van der Waals surface area contributed by atoms with Crippen molar-refractivity contribution in [1.29, 1.82) is 0 Å². The number of nitro benzene ring substituents is 1. The lowest BCUT2D eigenvalue weighted by molar-refractivity contribution is -0.384. The number of methoxy groups -OCH3 is 2. The first kappa shape index (κ1) is 24.5. The van der Waals surface area contributed by atoms with Crippen LogP contribution in [0.4, 0.5) is 10.5 Å². The smallest absolute Gasteiger partial charge is 0.343 e. The average Bonchev–Trinajstić information content (AvgIpc) is 3.05. The van der Waals surface area contributed by atoms with Crippen LogP contribution in [0.3, 0.4) is 0 Å². The molecule has 12 heteroatoms. The van der Waals surface area contributed by atoms with Crippen LogP contribution < -0.4 is 9.47 Å². The van der Waals surface area contributed by atoms with E-state index >= 15 is 0 Å². The molecule has 0 atom stereocenters. The molecule has 0 saturated carbocycles. The van der Waals surface area contributed by atoms with Gasteiger partial charge in [-0.2, -0.15) is 0 Å². The van der Waals surface area contributed by atoms with E-state index in [4.69, 9.17) is 9.47 Å². The molecule has 1 heterocycles. The molecule has 2 aromatic carbocycles. The lowest BCUT2D eigenvalue weighted by Crippen LogP contribution is -2.27. The number of thioether (sulfide) groups is 1. The molecule has 0 unspecified atom stereocenters. The van der Waals surface area contributed by atoms with Crippen LogP contribution in [-0.2, 0) is 20.9 Å². The zero-order valence-electron chi connectivity index (χ0n) is 17.4. The first-order chi connectivity index (χ1) is 15.7. The van der Waals surface area contributed by atoms with Gasteiger partial charge in [0.25, 0.3) is 16.8 Å². The molecule has 0 N–H and O–H groups in total. The summed E-state index contributed by atoms with van der Waals surface area (Å²) in [6.07, 6.45) is 1.56. The Morgan fingerprint density at radius 1 is 1.21 bits per heavy atom. The summed E-state index contributed by atoms with van der Waals surface area (Å²) >= 11 is 2.81. The molecule has 2 amide bonds. The number of hydrogen-bond acceptors (Lipinski definition) is 9. The fourth-order valence-electron chi connectivity index (χ4n) is 2.85. The quantitative estimate of drug-likeness (QED) is 0.149. The van der Waals surface area contributed by atoms with Gasteiger partial charge in [0, 0.05) is 12.1 Å². The zero-order chi connectivity index (χ0) is 24.1. The summed E-state index contributed by atoms with van der Waals surface area (Å²) in [5.41, 5.74) is 1.12. The van der Waals surface area contributed by atoms with E-state index in [1.54, 1.807) is 18.2 Å². The van der Waals surface area contributed by atoms with E-state index in [2.05, 4.69) is 4.74 Å². The fraction of sp³-hybridized carbons (Fsp3) is 0.190. The summed E-state index contributed by atoms with van der Waals surface area (Å²) in [5.74, 6) is -0.309.